The SMILES string of the molecule is CCOC(=O)/C(C=Nc1ccc2cccnc2c1O)=C(\O)c1cc(F)c(F)c(F)c1F. The molecule has 2 aromatic carbocycles. The molecule has 31 heavy (non-hydrogen) atoms. The van der Waals surface area contributed by atoms with Crippen LogP contribution in [0.2, 0.25) is 0 Å². The second-order valence-electron chi connectivity index (χ2n) is 6.10. The largest absolute Gasteiger partial charge is 0.506 e. The number of phenolic OH excluding ortho intramolecular Hbond substituents is 1. The minimum Gasteiger partial charge on any atom is -0.506 e. The van der Waals surface area contributed by atoms with Crippen molar-refractivity contribution in [2.45, 2.75) is 6.92 Å². The van der Waals surface area contributed by atoms with Gasteiger partial charge < -0.3 is 14.9 Å². The number of pyridine rings is 1. The smallest absolute Gasteiger partial charge is 0.343 e. The summed E-state index contributed by atoms with van der Waals surface area (Å²) in [5.74, 6) is -10.7. The number of hydrogen-bond acceptors (Lipinski definition) is 6. The highest BCUT2D eigenvalue weighted by Gasteiger charge is 2.25. The van der Waals surface area contributed by atoms with E-state index in [9.17, 15) is 32.6 Å². The fourth-order valence-electron chi connectivity index (χ4n) is 2.67. The third-order valence-corrected chi connectivity index (χ3v) is 4.17. The van der Waals surface area contributed by atoms with Gasteiger partial charge in [0.1, 0.15) is 22.5 Å². The predicted octanol–water partition coefficient (Wildman–Crippen LogP) is 4.73. The third kappa shape index (κ3) is 4.18. The van der Waals surface area contributed by atoms with Gasteiger partial charge in [-0.2, -0.15) is 0 Å². The molecule has 0 aliphatic carbocycles. The van der Waals surface area contributed by atoms with Gasteiger partial charge in [-0.1, -0.05) is 12.1 Å². The van der Waals surface area contributed by atoms with Crippen molar-refractivity contribution in [2.24, 2.45) is 4.99 Å². The second-order valence-corrected chi connectivity index (χ2v) is 6.10. The molecule has 3 aromatic rings. The van der Waals surface area contributed by atoms with Crippen molar-refractivity contribution < 1.29 is 37.3 Å². The summed E-state index contributed by atoms with van der Waals surface area (Å²) in [7, 11) is 0. The van der Waals surface area contributed by atoms with E-state index in [1.807, 2.05) is 0 Å². The van der Waals surface area contributed by atoms with E-state index in [4.69, 9.17) is 4.74 Å². The lowest BCUT2D eigenvalue weighted by Crippen LogP contribution is -2.12. The van der Waals surface area contributed by atoms with Crippen molar-refractivity contribution >= 4 is 34.5 Å². The van der Waals surface area contributed by atoms with Crippen LogP contribution in [-0.2, 0) is 9.53 Å². The van der Waals surface area contributed by atoms with Gasteiger partial charge in [0.15, 0.2) is 29.0 Å². The Morgan fingerprint density at radius 3 is 2.61 bits per heavy atom. The number of aromatic nitrogens is 1. The number of ether oxygens (including phenoxy) is 1. The molecule has 6 nitrogen and oxygen atoms in total. The van der Waals surface area contributed by atoms with E-state index in [2.05, 4.69) is 9.98 Å². The van der Waals surface area contributed by atoms with E-state index >= 15 is 0 Å². The van der Waals surface area contributed by atoms with E-state index < -0.39 is 46.1 Å². The highest BCUT2D eigenvalue weighted by Crippen LogP contribution is 2.33. The fraction of sp³-hybridized carbons (Fsp3) is 0.0952. The molecule has 2 N–H and O–H groups in total. The Morgan fingerprint density at radius 1 is 1.16 bits per heavy atom. The summed E-state index contributed by atoms with van der Waals surface area (Å²) in [5, 5.41) is 21.3. The Hall–Kier alpha value is -3.95. The molecule has 0 atom stereocenters. The molecule has 0 amide bonds. The number of nitrogens with zero attached hydrogens (tertiary/aromatic N) is 2. The first-order valence-corrected chi connectivity index (χ1v) is 8.80. The quantitative estimate of drug-likeness (QED) is 0.115. The van der Waals surface area contributed by atoms with Crippen LogP contribution in [0.15, 0.2) is 47.1 Å². The van der Waals surface area contributed by atoms with Crippen molar-refractivity contribution in [3.05, 3.63) is 70.9 Å². The number of aliphatic hydroxyl groups excluding tert-OH is 1. The zero-order valence-corrected chi connectivity index (χ0v) is 15.9. The molecular weight excluding hydrogens is 420 g/mol. The van der Waals surface area contributed by atoms with Crippen LogP contribution in [0.4, 0.5) is 23.2 Å². The molecule has 1 heterocycles. The number of phenols is 1. The van der Waals surface area contributed by atoms with Crippen molar-refractivity contribution in [3.8, 4) is 5.75 Å². The number of aliphatic imine (C=N–C) groups is 1. The first-order chi connectivity index (χ1) is 14.8. The molecule has 0 unspecified atom stereocenters. The maximum Gasteiger partial charge on any atom is 0.343 e. The molecule has 160 valence electrons. The maximum absolute atomic E-state index is 14.1. The number of carbonyl (C=O) groups is 1. The highest BCUT2D eigenvalue weighted by molar-refractivity contribution is 6.15. The Bertz CT molecular complexity index is 1240. The Labute approximate surface area is 172 Å². The molecule has 3 rings (SSSR count). The van der Waals surface area contributed by atoms with Crippen LogP contribution in [0.3, 0.4) is 0 Å². The van der Waals surface area contributed by atoms with E-state index in [1.165, 1.54) is 19.2 Å². The number of hydrogen-bond donors (Lipinski definition) is 2. The van der Waals surface area contributed by atoms with Crippen molar-refractivity contribution in [1.82, 2.24) is 4.98 Å². The summed E-state index contributed by atoms with van der Waals surface area (Å²) in [5.41, 5.74) is -1.77. The highest BCUT2D eigenvalue weighted by atomic mass is 19.2. The van der Waals surface area contributed by atoms with Gasteiger partial charge in [-0.3, -0.25) is 9.98 Å². The molecule has 0 fully saturated rings. The summed E-state index contributed by atoms with van der Waals surface area (Å²) in [6.07, 6.45) is 2.15. The lowest BCUT2D eigenvalue weighted by molar-refractivity contribution is -0.137. The molecule has 0 aliphatic heterocycles. The van der Waals surface area contributed by atoms with Gasteiger partial charge in [-0.05, 0) is 25.1 Å². The lowest BCUT2D eigenvalue weighted by Gasteiger charge is -2.09. The van der Waals surface area contributed by atoms with E-state index in [0.717, 1.165) is 6.21 Å². The average Bonchev–Trinajstić information content (AvgIpc) is 2.76. The van der Waals surface area contributed by atoms with Gasteiger partial charge >= 0.3 is 5.97 Å². The second kappa shape index (κ2) is 8.82. The minimum absolute atomic E-state index is 0.0715. The van der Waals surface area contributed by atoms with Crippen LogP contribution in [-0.4, -0.2) is 34.0 Å². The van der Waals surface area contributed by atoms with Crippen molar-refractivity contribution in [2.75, 3.05) is 6.61 Å². The molecule has 1 aromatic heterocycles. The molecule has 0 radical (unpaired) electrons. The van der Waals surface area contributed by atoms with Crippen LogP contribution in [0, 0.1) is 23.3 Å². The number of carbonyl (C=O) groups excluding carboxylic acids is 1. The van der Waals surface area contributed by atoms with Gasteiger partial charge in [0.05, 0.1) is 12.2 Å². The first kappa shape index (κ1) is 21.8. The molecule has 10 heteroatoms. The molecule has 0 spiro atoms. The van der Waals surface area contributed by atoms with E-state index in [0.29, 0.717) is 5.39 Å². The van der Waals surface area contributed by atoms with Crippen molar-refractivity contribution in [1.29, 1.82) is 0 Å². The van der Waals surface area contributed by atoms with Gasteiger partial charge in [-0.25, -0.2) is 22.4 Å². The van der Waals surface area contributed by atoms with Crippen LogP contribution in [0.1, 0.15) is 12.5 Å². The average molecular weight is 434 g/mol. The number of fused-ring (bicyclic) bond motifs is 1. The zero-order chi connectivity index (χ0) is 22.7. The number of aliphatic hydroxyl groups is 1. The Morgan fingerprint density at radius 2 is 1.90 bits per heavy atom. The number of esters is 1. The normalized spacial score (nSPS) is 12.3. The van der Waals surface area contributed by atoms with E-state index in [1.54, 1.807) is 18.2 Å². The standard InChI is InChI=1S/C21H14F4N2O4/c1-2-31-21(30)12(19(28)11-8-13(22)16(24)17(25)15(11)23)9-27-14-6-5-10-4-3-7-26-18(10)20(14)29/h3-9,28-29H,2H2,1H3/b19-12-,27-9?. The van der Waals surface area contributed by atoms with Gasteiger partial charge in [0.25, 0.3) is 0 Å². The Kier molecular flexibility index (Phi) is 6.19. The Balaban J connectivity index is 2.15. The van der Waals surface area contributed by atoms with Crippen LogP contribution in [0.25, 0.3) is 16.7 Å². The summed E-state index contributed by atoms with van der Waals surface area (Å²) >= 11 is 0. The van der Waals surface area contributed by atoms with Crippen molar-refractivity contribution in [3.63, 3.8) is 0 Å². The van der Waals surface area contributed by atoms with Crippen LogP contribution >= 0.6 is 0 Å². The number of halogens is 4. The van der Waals surface area contributed by atoms with E-state index in [-0.39, 0.29) is 29.6 Å². The maximum atomic E-state index is 14.1. The van der Waals surface area contributed by atoms with Gasteiger partial charge in [-0.15, -0.1) is 0 Å². The summed E-state index contributed by atoms with van der Waals surface area (Å²) < 4.78 is 59.2. The fourth-order valence-corrected chi connectivity index (χ4v) is 2.67. The topological polar surface area (TPSA) is 92.0 Å². The predicted molar refractivity (Wildman–Crippen MR) is 104 cm³/mol. The van der Waals surface area contributed by atoms with Gasteiger partial charge in [0, 0.05) is 17.8 Å². The molecule has 0 bridgehead atoms. The summed E-state index contributed by atoms with van der Waals surface area (Å²) in [6, 6.07) is 6.49. The monoisotopic (exact) mass is 434 g/mol. The minimum atomic E-state index is -2.17. The summed E-state index contributed by atoms with van der Waals surface area (Å²) in [6.45, 7) is 1.30. The molecular formula is C21H14F4N2O4. The van der Waals surface area contributed by atoms with Crippen LogP contribution in [0.5, 0.6) is 5.75 Å². The number of aromatic hydroxyl groups is 1. The lowest BCUT2D eigenvalue weighted by atomic mass is 10.1. The van der Waals surface area contributed by atoms with Gasteiger partial charge in [0.2, 0.25) is 0 Å². The molecule has 0 saturated carbocycles. The summed E-state index contributed by atoms with van der Waals surface area (Å²) in [4.78, 5) is 20.1. The van der Waals surface area contributed by atoms with Crippen LogP contribution < -0.4 is 0 Å². The molecule has 0 aliphatic rings. The zero-order valence-electron chi connectivity index (χ0n) is 15.9. The number of benzene rings is 2. The molecule has 0 saturated heterocycles. The third-order valence-electron chi connectivity index (χ3n) is 4.17. The first-order valence-electron chi connectivity index (χ1n) is 8.80. The number of rotatable bonds is 5.